The van der Waals surface area contributed by atoms with Crippen molar-refractivity contribution in [3.8, 4) is 11.5 Å². The Hall–Kier alpha value is -4.83. The summed E-state index contributed by atoms with van der Waals surface area (Å²) in [5.74, 6) is 1.33. The lowest BCUT2D eigenvalue weighted by Crippen LogP contribution is -2.11. The fourth-order valence-corrected chi connectivity index (χ4v) is 4.73. The fraction of sp³-hybridized carbons (Fsp3) is 0.0741. The quantitative estimate of drug-likeness (QED) is 0.284. The lowest BCUT2D eigenvalue weighted by atomic mass is 10.2. The number of thiophene rings is 1. The summed E-state index contributed by atoms with van der Waals surface area (Å²) < 4.78 is 12.9. The minimum Gasteiger partial charge on any atom is -0.489 e. The van der Waals surface area contributed by atoms with E-state index in [1.807, 2.05) is 78.9 Å². The van der Waals surface area contributed by atoms with Crippen LogP contribution in [0.5, 0.6) is 11.5 Å². The number of tetrazole rings is 1. The molecule has 0 unspecified atom stereocenters. The minimum absolute atomic E-state index is 0.133. The molecule has 3 aromatic heterocycles. The number of amides is 1. The van der Waals surface area contributed by atoms with Crippen LogP contribution >= 0.6 is 11.3 Å². The van der Waals surface area contributed by atoms with Crippen LogP contribution in [-0.4, -0.2) is 31.5 Å². The van der Waals surface area contributed by atoms with Crippen molar-refractivity contribution in [2.75, 3.05) is 5.32 Å². The van der Waals surface area contributed by atoms with E-state index in [1.54, 1.807) is 0 Å². The number of rotatable bonds is 8. The van der Waals surface area contributed by atoms with Crippen LogP contribution in [0, 0.1) is 0 Å². The summed E-state index contributed by atoms with van der Waals surface area (Å²) in [4.78, 5) is 17.6. The van der Waals surface area contributed by atoms with Gasteiger partial charge in [-0.1, -0.05) is 41.5 Å². The van der Waals surface area contributed by atoms with Crippen LogP contribution in [0.3, 0.4) is 0 Å². The van der Waals surface area contributed by atoms with E-state index >= 15 is 0 Å². The molecule has 3 heterocycles. The third kappa shape index (κ3) is 5.24. The predicted octanol–water partition coefficient (Wildman–Crippen LogP) is 5.37. The molecule has 0 fully saturated rings. The van der Waals surface area contributed by atoms with Crippen LogP contribution in [-0.2, 0) is 13.2 Å². The molecular formula is C27H20N6O3S. The Kier molecular flexibility index (Phi) is 6.14. The van der Waals surface area contributed by atoms with E-state index in [0.29, 0.717) is 18.1 Å². The van der Waals surface area contributed by atoms with Crippen molar-refractivity contribution in [3.05, 3.63) is 101 Å². The number of benzene rings is 3. The van der Waals surface area contributed by atoms with Gasteiger partial charge < -0.3 is 9.47 Å². The Morgan fingerprint density at radius 1 is 0.865 bits per heavy atom. The van der Waals surface area contributed by atoms with Crippen molar-refractivity contribution < 1.29 is 14.3 Å². The summed E-state index contributed by atoms with van der Waals surface area (Å²) in [6.45, 7) is 0.809. The molecule has 2 N–H and O–H groups in total. The van der Waals surface area contributed by atoms with Gasteiger partial charge in [0, 0.05) is 10.1 Å². The number of hydrogen-bond donors (Lipinski definition) is 2. The number of pyridine rings is 1. The number of aromatic amines is 1. The van der Waals surface area contributed by atoms with E-state index in [0.717, 1.165) is 43.7 Å². The van der Waals surface area contributed by atoms with Crippen LogP contribution in [0.2, 0.25) is 0 Å². The molecule has 6 aromatic rings. The van der Waals surface area contributed by atoms with Gasteiger partial charge in [-0.25, -0.2) is 4.98 Å². The van der Waals surface area contributed by atoms with Crippen molar-refractivity contribution >= 4 is 44.2 Å². The maximum absolute atomic E-state index is 12.4. The molecule has 0 bridgehead atoms. The topological polar surface area (TPSA) is 115 Å². The number of fused-ring (bicyclic) bond motifs is 2. The summed E-state index contributed by atoms with van der Waals surface area (Å²) in [6.07, 6.45) is 0. The molecule has 0 aliphatic heterocycles. The molecule has 0 atom stereocenters. The molecule has 0 saturated carbocycles. The van der Waals surface area contributed by atoms with E-state index in [-0.39, 0.29) is 11.9 Å². The Morgan fingerprint density at radius 2 is 1.70 bits per heavy atom. The van der Waals surface area contributed by atoms with Gasteiger partial charge in [-0.05, 0) is 64.7 Å². The first-order chi connectivity index (χ1) is 18.2. The number of nitrogens with one attached hydrogen (secondary N) is 2. The van der Waals surface area contributed by atoms with Crippen molar-refractivity contribution in [3.63, 3.8) is 0 Å². The van der Waals surface area contributed by atoms with Gasteiger partial charge in [-0.2, -0.15) is 5.21 Å². The normalized spacial score (nSPS) is 11.0. The van der Waals surface area contributed by atoms with E-state index in [9.17, 15) is 4.79 Å². The number of hydrogen-bond acceptors (Lipinski definition) is 8. The lowest BCUT2D eigenvalue weighted by molar-refractivity contribution is 0.102. The van der Waals surface area contributed by atoms with Crippen LogP contribution in [0.25, 0.3) is 21.0 Å². The Balaban J connectivity index is 1.05. The van der Waals surface area contributed by atoms with Gasteiger partial charge in [0.1, 0.15) is 24.7 Å². The zero-order valence-corrected chi connectivity index (χ0v) is 20.2. The third-order valence-corrected chi connectivity index (χ3v) is 6.77. The first-order valence-corrected chi connectivity index (χ1v) is 12.3. The highest BCUT2D eigenvalue weighted by Gasteiger charge is 2.13. The second-order valence-electron chi connectivity index (χ2n) is 8.22. The van der Waals surface area contributed by atoms with E-state index in [2.05, 4.69) is 37.0 Å². The zero-order valence-electron chi connectivity index (χ0n) is 19.4. The first-order valence-electron chi connectivity index (χ1n) is 11.5. The number of aromatic nitrogens is 5. The average molecular weight is 509 g/mol. The second kappa shape index (κ2) is 10.0. The number of anilines is 1. The second-order valence-corrected chi connectivity index (χ2v) is 9.30. The van der Waals surface area contributed by atoms with Crippen LogP contribution in [0.1, 0.15) is 20.9 Å². The van der Waals surface area contributed by atoms with Crippen molar-refractivity contribution in [2.24, 2.45) is 0 Å². The van der Waals surface area contributed by atoms with Gasteiger partial charge >= 0.3 is 0 Å². The first kappa shape index (κ1) is 22.6. The van der Waals surface area contributed by atoms with Gasteiger partial charge in [0.2, 0.25) is 0 Å². The predicted molar refractivity (Wildman–Crippen MR) is 141 cm³/mol. The monoisotopic (exact) mass is 508 g/mol. The largest absolute Gasteiger partial charge is 0.489 e. The van der Waals surface area contributed by atoms with Gasteiger partial charge in [-0.3, -0.25) is 10.1 Å². The summed E-state index contributed by atoms with van der Waals surface area (Å²) in [7, 11) is 0. The molecule has 182 valence electrons. The fourth-order valence-electron chi connectivity index (χ4n) is 3.80. The van der Waals surface area contributed by atoms with Gasteiger partial charge in [0.25, 0.3) is 11.9 Å². The number of carbonyl (C=O) groups excluding carboxylic acids is 1. The molecule has 37 heavy (non-hydrogen) atoms. The number of ether oxygens (including phenoxy) is 2. The Morgan fingerprint density at radius 3 is 2.57 bits per heavy atom. The molecule has 0 spiro atoms. The molecule has 10 heteroatoms. The molecular weight excluding hydrogens is 488 g/mol. The molecule has 6 rings (SSSR count). The highest BCUT2D eigenvalue weighted by atomic mass is 32.1. The number of nitrogens with zero attached hydrogens (tertiary/aromatic N) is 4. The van der Waals surface area contributed by atoms with Gasteiger partial charge in [0.05, 0.1) is 16.1 Å². The van der Waals surface area contributed by atoms with Gasteiger partial charge in [0.15, 0.2) is 0 Å². The number of H-pyrrole nitrogens is 1. The molecule has 1 amide bonds. The van der Waals surface area contributed by atoms with E-state index in [1.165, 1.54) is 11.3 Å². The third-order valence-electron chi connectivity index (χ3n) is 5.65. The molecule has 3 aromatic carbocycles. The molecule has 0 aliphatic rings. The minimum atomic E-state index is -0.288. The molecule has 0 aliphatic carbocycles. The summed E-state index contributed by atoms with van der Waals surface area (Å²) in [5.41, 5.74) is 2.85. The highest BCUT2D eigenvalue weighted by Crippen LogP contribution is 2.30. The number of carbonyl (C=O) groups is 1. The zero-order chi connectivity index (χ0) is 25.0. The van der Waals surface area contributed by atoms with E-state index in [4.69, 9.17) is 9.47 Å². The lowest BCUT2D eigenvalue weighted by Gasteiger charge is -2.09. The average Bonchev–Trinajstić information content (AvgIpc) is 3.61. The highest BCUT2D eigenvalue weighted by molar-refractivity contribution is 7.20. The van der Waals surface area contributed by atoms with Crippen molar-refractivity contribution in [1.29, 1.82) is 0 Å². The molecule has 0 saturated heterocycles. The maximum atomic E-state index is 12.4. The van der Waals surface area contributed by atoms with Crippen molar-refractivity contribution in [1.82, 2.24) is 25.6 Å². The Bertz CT molecular complexity index is 1680. The van der Waals surface area contributed by atoms with Crippen LogP contribution in [0.4, 0.5) is 5.95 Å². The van der Waals surface area contributed by atoms with E-state index < -0.39 is 0 Å². The molecule has 9 nitrogen and oxygen atoms in total. The Labute approximate surface area is 215 Å². The van der Waals surface area contributed by atoms with Crippen LogP contribution < -0.4 is 14.8 Å². The summed E-state index contributed by atoms with van der Waals surface area (Å²) >= 11 is 1.38. The van der Waals surface area contributed by atoms with Crippen molar-refractivity contribution in [2.45, 2.75) is 13.2 Å². The number of para-hydroxylation sites is 1. The molecule has 0 radical (unpaired) electrons. The van der Waals surface area contributed by atoms with Crippen LogP contribution in [0.15, 0.2) is 84.9 Å². The standard InChI is InChI=1S/C27H20N6O3S/c34-26(29-27-30-32-33-31-27)25-14-19-13-22(11-12-24(19)37-25)35-15-17-5-9-21(10-6-17)36-16-20-8-7-18-3-1-2-4-23(18)28-20/h1-14H,15-16H2,(H2,29,30,31,32,33,34). The SMILES string of the molecule is O=C(Nc1nn[nH]n1)c1cc2cc(OCc3ccc(OCc4ccc5ccccc5n4)cc3)ccc2s1. The smallest absolute Gasteiger partial charge is 0.270 e. The summed E-state index contributed by atoms with van der Waals surface area (Å²) in [5, 5.41) is 17.8. The summed E-state index contributed by atoms with van der Waals surface area (Å²) in [6, 6.07) is 27.5. The van der Waals surface area contributed by atoms with Gasteiger partial charge in [-0.15, -0.1) is 16.4 Å². The maximum Gasteiger partial charge on any atom is 0.270 e.